The maximum absolute atomic E-state index is 13.8. The third-order valence-corrected chi connectivity index (χ3v) is 7.42. The van der Waals surface area contributed by atoms with Crippen LogP contribution in [0, 0.1) is 5.82 Å². The van der Waals surface area contributed by atoms with Crippen molar-refractivity contribution in [3.63, 3.8) is 0 Å². The third-order valence-electron chi connectivity index (χ3n) is 6.24. The standard InChI is InChI=1S/C31H19Br2FN4O4/c32-21-13-18(14-22(33)29(21)41-17-28(39)36-25-11-5-3-9-23(25)34)16-35-38-30(27-15-19-7-1-6-12-26(19)42-27)37-24-10-4-2-8-20(24)31(38)40/h1-16H,17H2,(H,36,39). The number of nitrogens with zero attached hydrogens (tertiary/aromatic N) is 3. The second kappa shape index (κ2) is 11.7. The van der Waals surface area contributed by atoms with Crippen molar-refractivity contribution in [2.75, 3.05) is 11.9 Å². The Labute approximate surface area is 254 Å². The number of hydrogen-bond donors (Lipinski definition) is 1. The molecule has 2 heterocycles. The van der Waals surface area contributed by atoms with Crippen molar-refractivity contribution in [3.05, 3.63) is 122 Å². The van der Waals surface area contributed by atoms with Gasteiger partial charge >= 0.3 is 0 Å². The number of halogens is 3. The van der Waals surface area contributed by atoms with E-state index in [2.05, 4.69) is 42.3 Å². The van der Waals surface area contributed by atoms with E-state index >= 15 is 0 Å². The average molecular weight is 690 g/mol. The number of anilines is 1. The summed E-state index contributed by atoms with van der Waals surface area (Å²) in [7, 11) is 0. The number of fused-ring (bicyclic) bond motifs is 2. The second-order valence-electron chi connectivity index (χ2n) is 9.09. The zero-order valence-corrected chi connectivity index (χ0v) is 24.7. The third kappa shape index (κ3) is 5.61. The molecule has 42 heavy (non-hydrogen) atoms. The molecule has 0 bridgehead atoms. The SMILES string of the molecule is O=C(COc1c(Br)cc(C=Nn2c(-c3cc4ccccc4o3)nc3ccccc3c2=O)cc1Br)Nc1ccccc1F. The Balaban J connectivity index is 1.29. The summed E-state index contributed by atoms with van der Waals surface area (Å²) in [6, 6.07) is 25.7. The average Bonchev–Trinajstić information content (AvgIpc) is 3.42. The number of nitrogens with one attached hydrogen (secondary N) is 1. The number of amides is 1. The van der Waals surface area contributed by atoms with E-state index in [-0.39, 0.29) is 23.7 Å². The number of carbonyl (C=O) groups excluding carboxylic acids is 1. The van der Waals surface area contributed by atoms with Crippen molar-refractivity contribution >= 4 is 71.5 Å². The normalized spacial score (nSPS) is 11.4. The van der Waals surface area contributed by atoms with Crippen molar-refractivity contribution < 1.29 is 18.3 Å². The summed E-state index contributed by atoms with van der Waals surface area (Å²) in [4.78, 5) is 30.5. The summed E-state index contributed by atoms with van der Waals surface area (Å²) in [5, 5.41) is 8.25. The molecule has 0 radical (unpaired) electrons. The van der Waals surface area contributed by atoms with E-state index in [1.54, 1.807) is 36.4 Å². The van der Waals surface area contributed by atoms with Crippen LogP contribution in [0.15, 0.2) is 114 Å². The molecule has 4 aromatic carbocycles. The van der Waals surface area contributed by atoms with Crippen LogP contribution in [0.4, 0.5) is 10.1 Å². The molecular weight excluding hydrogens is 671 g/mol. The number of furan rings is 1. The maximum Gasteiger partial charge on any atom is 0.282 e. The van der Waals surface area contributed by atoms with Gasteiger partial charge in [0.05, 0.1) is 31.8 Å². The number of ether oxygens (including phenoxy) is 1. The van der Waals surface area contributed by atoms with Crippen molar-refractivity contribution in [2.45, 2.75) is 0 Å². The Kier molecular flexibility index (Phi) is 7.68. The van der Waals surface area contributed by atoms with Gasteiger partial charge in [-0.25, -0.2) is 9.37 Å². The first kappa shape index (κ1) is 27.6. The largest absolute Gasteiger partial charge is 0.481 e. The first-order chi connectivity index (χ1) is 20.4. The van der Waals surface area contributed by atoms with E-state index in [0.29, 0.717) is 42.5 Å². The van der Waals surface area contributed by atoms with Crippen LogP contribution in [0.5, 0.6) is 5.75 Å². The van der Waals surface area contributed by atoms with Crippen molar-refractivity contribution in [1.29, 1.82) is 0 Å². The van der Waals surface area contributed by atoms with E-state index in [1.165, 1.54) is 29.1 Å². The quantitative estimate of drug-likeness (QED) is 0.177. The highest BCUT2D eigenvalue weighted by molar-refractivity contribution is 9.11. The number of rotatable bonds is 7. The van der Waals surface area contributed by atoms with Gasteiger partial charge < -0.3 is 14.5 Å². The lowest BCUT2D eigenvalue weighted by molar-refractivity contribution is -0.118. The number of para-hydroxylation sites is 3. The van der Waals surface area contributed by atoms with Gasteiger partial charge in [0, 0.05) is 5.39 Å². The first-order valence-corrected chi connectivity index (χ1v) is 14.2. The molecule has 6 aromatic rings. The van der Waals surface area contributed by atoms with Gasteiger partial charge in [0.25, 0.3) is 11.5 Å². The number of hydrogen-bond acceptors (Lipinski definition) is 6. The van der Waals surface area contributed by atoms with Crippen molar-refractivity contribution in [1.82, 2.24) is 9.66 Å². The molecule has 0 atom stereocenters. The van der Waals surface area contributed by atoms with Crippen LogP contribution in [-0.4, -0.2) is 28.4 Å². The topological polar surface area (TPSA) is 98.7 Å². The number of aromatic nitrogens is 2. The van der Waals surface area contributed by atoms with Crippen LogP contribution in [0.3, 0.4) is 0 Å². The molecule has 1 amide bonds. The lowest BCUT2D eigenvalue weighted by atomic mass is 10.2. The van der Waals surface area contributed by atoms with Crippen LogP contribution in [0.25, 0.3) is 33.5 Å². The van der Waals surface area contributed by atoms with Crippen molar-refractivity contribution in [3.8, 4) is 17.3 Å². The highest BCUT2D eigenvalue weighted by Crippen LogP contribution is 2.34. The maximum atomic E-state index is 13.8. The fourth-order valence-corrected chi connectivity index (χ4v) is 5.74. The van der Waals surface area contributed by atoms with Crippen molar-refractivity contribution in [2.24, 2.45) is 5.10 Å². The second-order valence-corrected chi connectivity index (χ2v) is 10.8. The van der Waals surface area contributed by atoms with Gasteiger partial charge in [-0.05, 0) is 86.0 Å². The minimum Gasteiger partial charge on any atom is -0.481 e. The van der Waals surface area contributed by atoms with Gasteiger partial charge in [0.1, 0.15) is 17.1 Å². The fourth-order valence-electron chi connectivity index (χ4n) is 4.29. The summed E-state index contributed by atoms with van der Waals surface area (Å²) in [5.41, 5.74) is 1.52. The summed E-state index contributed by atoms with van der Waals surface area (Å²) in [6.07, 6.45) is 1.51. The molecule has 0 aliphatic carbocycles. The summed E-state index contributed by atoms with van der Waals surface area (Å²) in [6.45, 7) is -0.349. The minimum absolute atomic E-state index is 0.0660. The van der Waals surface area contributed by atoms with Gasteiger partial charge in [-0.1, -0.05) is 42.5 Å². The molecule has 0 spiro atoms. The summed E-state index contributed by atoms with van der Waals surface area (Å²) in [5.74, 6) is -0.0451. The van der Waals surface area contributed by atoms with E-state index in [4.69, 9.17) is 14.1 Å². The molecule has 0 saturated carbocycles. The lowest BCUT2D eigenvalue weighted by Gasteiger charge is -2.12. The van der Waals surface area contributed by atoms with E-state index in [1.807, 2.05) is 36.4 Å². The molecular formula is C31H19Br2FN4O4. The smallest absolute Gasteiger partial charge is 0.282 e. The molecule has 0 aliphatic heterocycles. The predicted molar refractivity (Wildman–Crippen MR) is 167 cm³/mol. The first-order valence-electron chi connectivity index (χ1n) is 12.6. The number of carbonyl (C=O) groups is 1. The van der Waals surface area contributed by atoms with E-state index < -0.39 is 11.7 Å². The van der Waals surface area contributed by atoms with Crippen LogP contribution in [-0.2, 0) is 4.79 Å². The lowest BCUT2D eigenvalue weighted by Crippen LogP contribution is -2.21. The Morgan fingerprint density at radius 3 is 2.50 bits per heavy atom. The zero-order valence-electron chi connectivity index (χ0n) is 21.6. The predicted octanol–water partition coefficient (Wildman–Crippen LogP) is 7.37. The molecule has 0 fully saturated rings. The van der Waals surface area contributed by atoms with Gasteiger partial charge in [0.2, 0.25) is 5.82 Å². The Morgan fingerprint density at radius 2 is 1.71 bits per heavy atom. The molecule has 0 unspecified atom stereocenters. The number of benzene rings is 4. The molecule has 1 N–H and O–H groups in total. The van der Waals surface area contributed by atoms with E-state index in [0.717, 1.165) is 5.39 Å². The molecule has 6 rings (SSSR count). The molecule has 2 aromatic heterocycles. The van der Waals surface area contributed by atoms with Gasteiger partial charge in [-0.15, -0.1) is 0 Å². The molecule has 11 heteroatoms. The Hall–Kier alpha value is -4.61. The van der Waals surface area contributed by atoms with Crippen LogP contribution in [0.2, 0.25) is 0 Å². The monoisotopic (exact) mass is 688 g/mol. The zero-order chi connectivity index (χ0) is 29.2. The van der Waals surface area contributed by atoms with Gasteiger partial charge in [-0.3, -0.25) is 9.59 Å². The Morgan fingerprint density at radius 1 is 1.00 bits per heavy atom. The summed E-state index contributed by atoms with van der Waals surface area (Å²) < 4.78 is 27.8. The molecule has 0 saturated heterocycles. The van der Waals surface area contributed by atoms with Gasteiger partial charge in [0.15, 0.2) is 12.4 Å². The minimum atomic E-state index is -0.541. The van der Waals surface area contributed by atoms with Crippen LogP contribution in [0.1, 0.15) is 5.56 Å². The Bertz CT molecular complexity index is 2020. The fraction of sp³-hybridized carbons (Fsp3) is 0.0323. The molecule has 8 nitrogen and oxygen atoms in total. The van der Waals surface area contributed by atoms with Crippen LogP contribution < -0.4 is 15.6 Å². The molecule has 0 aliphatic rings. The highest BCUT2D eigenvalue weighted by Gasteiger charge is 2.17. The summed E-state index contributed by atoms with van der Waals surface area (Å²) >= 11 is 6.93. The van der Waals surface area contributed by atoms with Gasteiger partial charge in [-0.2, -0.15) is 9.78 Å². The highest BCUT2D eigenvalue weighted by atomic mass is 79.9. The molecule has 208 valence electrons. The van der Waals surface area contributed by atoms with E-state index in [9.17, 15) is 14.0 Å². The van der Waals surface area contributed by atoms with Crippen LogP contribution >= 0.6 is 31.9 Å².